The quantitative estimate of drug-likeness (QED) is 0.672. The number of aliphatic hydroxyl groups excluding tert-OH is 1. The number of hydrogen-bond acceptors (Lipinski definition) is 4. The molecule has 4 heteroatoms. The van der Waals surface area contributed by atoms with Crippen LogP contribution in [0.2, 0.25) is 0 Å². The van der Waals surface area contributed by atoms with Crippen molar-refractivity contribution in [3.63, 3.8) is 0 Å². The lowest BCUT2D eigenvalue weighted by molar-refractivity contribution is -0.143. The van der Waals surface area contributed by atoms with Crippen LogP contribution in [0, 0.1) is 0 Å². The lowest BCUT2D eigenvalue weighted by Crippen LogP contribution is -2.11. The Labute approximate surface area is 76.2 Å². The average molecular weight is 181 g/mol. The number of hydrogen-bond donors (Lipinski definition) is 1. The summed E-state index contributed by atoms with van der Waals surface area (Å²) in [6.07, 6.45) is 1.77. The number of rotatable bonds is 4. The van der Waals surface area contributed by atoms with Gasteiger partial charge in [0.05, 0.1) is 18.7 Å². The van der Waals surface area contributed by atoms with Gasteiger partial charge in [0.2, 0.25) is 0 Å². The van der Waals surface area contributed by atoms with E-state index >= 15 is 0 Å². The third-order valence-corrected chi connectivity index (χ3v) is 1.41. The van der Waals surface area contributed by atoms with Crippen LogP contribution in [-0.2, 0) is 16.0 Å². The molecule has 1 heterocycles. The van der Waals surface area contributed by atoms with Crippen LogP contribution in [0.25, 0.3) is 0 Å². The number of aliphatic hydroxyl groups is 1. The maximum Gasteiger partial charge on any atom is 0.311 e. The van der Waals surface area contributed by atoms with Gasteiger partial charge in [-0.15, -0.1) is 0 Å². The van der Waals surface area contributed by atoms with Crippen molar-refractivity contribution in [2.75, 3.05) is 13.2 Å². The van der Waals surface area contributed by atoms with Crippen LogP contribution in [0.1, 0.15) is 5.69 Å². The minimum atomic E-state index is -0.368. The monoisotopic (exact) mass is 181 g/mol. The molecule has 0 unspecified atom stereocenters. The molecule has 0 aliphatic rings. The normalized spacial score (nSPS) is 9.62. The van der Waals surface area contributed by atoms with E-state index in [-0.39, 0.29) is 25.6 Å². The van der Waals surface area contributed by atoms with Crippen molar-refractivity contribution < 1.29 is 14.6 Å². The predicted octanol–water partition coefficient (Wildman–Crippen LogP) is 0.160. The number of pyridine rings is 1. The zero-order valence-corrected chi connectivity index (χ0v) is 7.14. The van der Waals surface area contributed by atoms with Crippen LogP contribution in [0.15, 0.2) is 24.4 Å². The second-order valence-electron chi connectivity index (χ2n) is 2.44. The Balaban J connectivity index is 2.37. The van der Waals surface area contributed by atoms with Crippen LogP contribution < -0.4 is 0 Å². The molecule has 0 fully saturated rings. The summed E-state index contributed by atoms with van der Waals surface area (Å²) in [5.74, 6) is -0.368. The van der Waals surface area contributed by atoms with Gasteiger partial charge >= 0.3 is 5.97 Å². The van der Waals surface area contributed by atoms with E-state index in [1.165, 1.54) is 0 Å². The molecule has 1 N–H and O–H groups in total. The van der Waals surface area contributed by atoms with E-state index in [0.29, 0.717) is 5.69 Å². The Bertz CT molecular complexity index is 261. The average Bonchev–Trinajstić information content (AvgIpc) is 2.16. The standard InChI is InChI=1S/C9H11NO3/c11-5-6-13-9(12)7-8-3-1-2-4-10-8/h1-4,11H,5-7H2. The van der Waals surface area contributed by atoms with Crippen molar-refractivity contribution in [2.24, 2.45) is 0 Å². The first-order valence-corrected chi connectivity index (χ1v) is 3.99. The van der Waals surface area contributed by atoms with Crippen LogP contribution in [-0.4, -0.2) is 29.3 Å². The second kappa shape index (κ2) is 5.27. The van der Waals surface area contributed by atoms with Crippen molar-refractivity contribution in [3.8, 4) is 0 Å². The fraction of sp³-hybridized carbons (Fsp3) is 0.333. The molecule has 0 bridgehead atoms. The smallest absolute Gasteiger partial charge is 0.311 e. The third-order valence-electron chi connectivity index (χ3n) is 1.41. The zero-order chi connectivity index (χ0) is 9.52. The number of aromatic nitrogens is 1. The molecule has 0 atom stereocenters. The van der Waals surface area contributed by atoms with E-state index in [2.05, 4.69) is 9.72 Å². The fourth-order valence-electron chi connectivity index (χ4n) is 0.861. The van der Waals surface area contributed by atoms with Crippen molar-refractivity contribution in [3.05, 3.63) is 30.1 Å². The summed E-state index contributed by atoms with van der Waals surface area (Å²) >= 11 is 0. The Hall–Kier alpha value is -1.42. The molecular weight excluding hydrogens is 170 g/mol. The molecule has 0 spiro atoms. The summed E-state index contributed by atoms with van der Waals surface area (Å²) in [4.78, 5) is 15.0. The lowest BCUT2D eigenvalue weighted by atomic mass is 10.3. The van der Waals surface area contributed by atoms with E-state index < -0.39 is 0 Å². The summed E-state index contributed by atoms with van der Waals surface area (Å²) in [6.45, 7) is -0.0976. The highest BCUT2D eigenvalue weighted by atomic mass is 16.5. The minimum absolute atomic E-state index is 0.0473. The van der Waals surface area contributed by atoms with E-state index in [4.69, 9.17) is 5.11 Å². The first-order chi connectivity index (χ1) is 6.33. The minimum Gasteiger partial charge on any atom is -0.463 e. The molecular formula is C9H11NO3. The van der Waals surface area contributed by atoms with Gasteiger partial charge in [0.15, 0.2) is 0 Å². The third kappa shape index (κ3) is 3.66. The highest BCUT2D eigenvalue weighted by molar-refractivity contribution is 5.71. The van der Waals surface area contributed by atoms with Gasteiger partial charge in [-0.2, -0.15) is 0 Å². The Kier molecular flexibility index (Phi) is 3.92. The predicted molar refractivity (Wildman–Crippen MR) is 46.0 cm³/mol. The number of nitrogens with zero attached hydrogens (tertiary/aromatic N) is 1. The molecule has 0 aliphatic heterocycles. The number of carbonyl (C=O) groups is 1. The van der Waals surface area contributed by atoms with E-state index in [1.807, 2.05) is 6.07 Å². The van der Waals surface area contributed by atoms with Gasteiger partial charge in [0, 0.05) is 6.20 Å². The first-order valence-electron chi connectivity index (χ1n) is 3.99. The topological polar surface area (TPSA) is 59.4 Å². The number of carbonyl (C=O) groups excluding carboxylic acids is 1. The largest absolute Gasteiger partial charge is 0.463 e. The van der Waals surface area contributed by atoms with Crippen LogP contribution in [0.5, 0.6) is 0 Å². The Morgan fingerprint density at radius 1 is 1.54 bits per heavy atom. The Morgan fingerprint density at radius 2 is 2.38 bits per heavy atom. The van der Waals surface area contributed by atoms with Gasteiger partial charge in [0.25, 0.3) is 0 Å². The first kappa shape index (κ1) is 9.67. The summed E-state index contributed by atoms with van der Waals surface area (Å²) < 4.78 is 4.67. The zero-order valence-electron chi connectivity index (χ0n) is 7.14. The molecule has 4 nitrogen and oxygen atoms in total. The highest BCUT2D eigenvalue weighted by Gasteiger charge is 2.03. The van der Waals surface area contributed by atoms with Crippen molar-refractivity contribution in [1.29, 1.82) is 0 Å². The maximum absolute atomic E-state index is 11.0. The van der Waals surface area contributed by atoms with Crippen molar-refractivity contribution in [2.45, 2.75) is 6.42 Å². The van der Waals surface area contributed by atoms with Crippen LogP contribution >= 0.6 is 0 Å². The van der Waals surface area contributed by atoms with Gasteiger partial charge in [-0.05, 0) is 12.1 Å². The molecule has 13 heavy (non-hydrogen) atoms. The fourth-order valence-corrected chi connectivity index (χ4v) is 0.861. The number of ether oxygens (including phenoxy) is 1. The molecule has 0 amide bonds. The molecule has 0 radical (unpaired) electrons. The SMILES string of the molecule is O=C(Cc1ccccn1)OCCO. The molecule has 0 saturated heterocycles. The maximum atomic E-state index is 11.0. The van der Waals surface area contributed by atoms with Crippen molar-refractivity contribution >= 4 is 5.97 Å². The molecule has 1 rings (SSSR count). The summed E-state index contributed by atoms with van der Waals surface area (Å²) in [5.41, 5.74) is 0.672. The second-order valence-corrected chi connectivity index (χ2v) is 2.44. The molecule has 0 aromatic carbocycles. The molecule has 0 aliphatic carbocycles. The van der Waals surface area contributed by atoms with Crippen LogP contribution in [0.3, 0.4) is 0 Å². The van der Waals surface area contributed by atoms with Crippen molar-refractivity contribution in [1.82, 2.24) is 4.98 Å². The van der Waals surface area contributed by atoms with Gasteiger partial charge in [-0.1, -0.05) is 6.07 Å². The summed E-state index contributed by atoms with van der Waals surface area (Å²) in [6, 6.07) is 5.34. The Morgan fingerprint density at radius 3 is 3.00 bits per heavy atom. The molecule has 1 aromatic rings. The number of esters is 1. The van der Waals surface area contributed by atoms with E-state index in [0.717, 1.165) is 0 Å². The molecule has 0 saturated carbocycles. The highest BCUT2D eigenvalue weighted by Crippen LogP contribution is 1.95. The summed E-state index contributed by atoms with van der Waals surface area (Å²) in [5, 5.41) is 8.39. The molecule has 70 valence electrons. The van der Waals surface area contributed by atoms with E-state index in [9.17, 15) is 4.79 Å². The van der Waals surface area contributed by atoms with Crippen LogP contribution in [0.4, 0.5) is 0 Å². The van der Waals surface area contributed by atoms with Gasteiger partial charge in [0.1, 0.15) is 6.61 Å². The molecule has 1 aromatic heterocycles. The van der Waals surface area contributed by atoms with Gasteiger partial charge < -0.3 is 9.84 Å². The van der Waals surface area contributed by atoms with Gasteiger partial charge in [-0.25, -0.2) is 0 Å². The summed E-state index contributed by atoms with van der Waals surface area (Å²) in [7, 11) is 0. The van der Waals surface area contributed by atoms with E-state index in [1.54, 1.807) is 18.3 Å². The lowest BCUT2D eigenvalue weighted by Gasteiger charge is -2.01. The van der Waals surface area contributed by atoms with Gasteiger partial charge in [-0.3, -0.25) is 9.78 Å².